The zero-order valence-corrected chi connectivity index (χ0v) is 17.3. The van der Waals surface area contributed by atoms with E-state index in [-0.39, 0.29) is 30.1 Å². The molecule has 0 aromatic heterocycles. The third kappa shape index (κ3) is 5.26. The number of carboxylic acid groups (broad SMARTS) is 1. The molecule has 1 aromatic carbocycles. The summed E-state index contributed by atoms with van der Waals surface area (Å²) in [6, 6.07) is 6.52. The molecule has 0 radical (unpaired) electrons. The lowest BCUT2D eigenvalue weighted by atomic mass is 9.64. The fourth-order valence-electron chi connectivity index (χ4n) is 4.25. The minimum Gasteiger partial charge on any atom is -0.478 e. The average molecular weight is 409 g/mol. The normalized spacial score (nSPS) is 29.0. The van der Waals surface area contributed by atoms with Crippen LogP contribution in [0.5, 0.6) is 5.75 Å². The Morgan fingerprint density at radius 2 is 1.86 bits per heavy atom. The second kappa shape index (κ2) is 9.56. The molecule has 0 bridgehead atoms. The van der Waals surface area contributed by atoms with Crippen LogP contribution in [0.2, 0.25) is 0 Å². The molecule has 1 aliphatic carbocycles. The van der Waals surface area contributed by atoms with Gasteiger partial charge in [-0.3, -0.25) is 4.79 Å². The second-order valence-electron chi connectivity index (χ2n) is 7.97. The number of hydrogen-bond donors (Lipinski definition) is 4. The molecule has 6 atom stereocenters. The Hall–Kier alpha value is -2.16. The standard InChI is InChI=1S/C21H31NO7/c1-12-9-21(20(26)27,10-17(13(12)2)19(28-4)18(25)11-23)29-16-7-5-15(6-8-16)22-14(3)24/h5-8,12-13,17-19,23,25H,9-11H2,1-4H3,(H,22,24)(H,26,27)/t12-,13-,17?,18-,19+,21-/m1/s1. The summed E-state index contributed by atoms with van der Waals surface area (Å²) in [6.07, 6.45) is -1.38. The first kappa shape index (κ1) is 23.1. The highest BCUT2D eigenvalue weighted by Gasteiger charge is 2.53. The van der Waals surface area contributed by atoms with Gasteiger partial charge in [-0.25, -0.2) is 4.79 Å². The van der Waals surface area contributed by atoms with Gasteiger partial charge < -0.3 is 30.1 Å². The van der Waals surface area contributed by atoms with Crippen LogP contribution in [-0.2, 0) is 14.3 Å². The summed E-state index contributed by atoms with van der Waals surface area (Å²) >= 11 is 0. The Bertz CT molecular complexity index is 707. The molecule has 162 valence electrons. The van der Waals surface area contributed by atoms with Gasteiger partial charge in [-0.1, -0.05) is 13.8 Å². The third-order valence-corrected chi connectivity index (χ3v) is 5.93. The fraction of sp³-hybridized carbons (Fsp3) is 0.619. The molecule has 1 saturated carbocycles. The smallest absolute Gasteiger partial charge is 0.348 e. The summed E-state index contributed by atoms with van der Waals surface area (Å²) in [7, 11) is 1.44. The van der Waals surface area contributed by atoms with Crippen LogP contribution in [0.15, 0.2) is 24.3 Å². The van der Waals surface area contributed by atoms with Crippen LogP contribution in [0.25, 0.3) is 0 Å². The molecule has 1 aromatic rings. The van der Waals surface area contributed by atoms with Crippen LogP contribution in [0.1, 0.15) is 33.6 Å². The van der Waals surface area contributed by atoms with E-state index in [1.807, 2.05) is 13.8 Å². The van der Waals surface area contributed by atoms with Gasteiger partial charge in [-0.15, -0.1) is 0 Å². The number of benzene rings is 1. The minimum absolute atomic E-state index is 0.00737. The monoisotopic (exact) mass is 409 g/mol. The number of anilines is 1. The number of aliphatic carboxylic acids is 1. The second-order valence-corrected chi connectivity index (χ2v) is 7.97. The Balaban J connectivity index is 2.31. The van der Waals surface area contributed by atoms with Crippen molar-refractivity contribution in [1.82, 2.24) is 0 Å². The first-order valence-electron chi connectivity index (χ1n) is 9.75. The Kier molecular flexibility index (Phi) is 7.62. The summed E-state index contributed by atoms with van der Waals surface area (Å²) in [4.78, 5) is 23.5. The van der Waals surface area contributed by atoms with Gasteiger partial charge >= 0.3 is 5.97 Å². The number of ether oxygens (including phenoxy) is 2. The fourth-order valence-corrected chi connectivity index (χ4v) is 4.25. The molecule has 8 nitrogen and oxygen atoms in total. The number of carboxylic acids is 1. The zero-order valence-electron chi connectivity index (χ0n) is 17.3. The topological polar surface area (TPSA) is 125 Å². The van der Waals surface area contributed by atoms with Gasteiger partial charge in [0.2, 0.25) is 11.5 Å². The number of aliphatic hydroxyl groups excluding tert-OH is 2. The third-order valence-electron chi connectivity index (χ3n) is 5.93. The molecule has 0 spiro atoms. The average Bonchev–Trinajstić information content (AvgIpc) is 2.66. The Labute approximate surface area is 170 Å². The van der Waals surface area contributed by atoms with Crippen molar-refractivity contribution < 1.29 is 34.4 Å². The van der Waals surface area contributed by atoms with Crippen LogP contribution in [0, 0.1) is 17.8 Å². The van der Waals surface area contributed by atoms with Crippen molar-refractivity contribution in [3.63, 3.8) is 0 Å². The number of hydrogen-bond acceptors (Lipinski definition) is 6. The largest absolute Gasteiger partial charge is 0.478 e. The lowest BCUT2D eigenvalue weighted by Crippen LogP contribution is -2.56. The molecule has 2 rings (SSSR count). The van der Waals surface area contributed by atoms with E-state index in [9.17, 15) is 24.9 Å². The van der Waals surface area contributed by atoms with Crippen molar-refractivity contribution in [3.05, 3.63) is 24.3 Å². The zero-order chi connectivity index (χ0) is 21.8. The molecule has 1 fully saturated rings. The van der Waals surface area contributed by atoms with E-state index in [0.29, 0.717) is 17.9 Å². The maximum atomic E-state index is 12.3. The molecule has 1 amide bonds. The van der Waals surface area contributed by atoms with Gasteiger partial charge in [-0.2, -0.15) is 0 Å². The van der Waals surface area contributed by atoms with Crippen molar-refractivity contribution in [3.8, 4) is 5.75 Å². The summed E-state index contributed by atoms with van der Waals surface area (Å²) in [5.74, 6) is -1.17. The molecule has 0 saturated heterocycles. The molecule has 1 aliphatic rings. The summed E-state index contributed by atoms with van der Waals surface area (Å²) in [6.45, 7) is 4.89. The van der Waals surface area contributed by atoms with Crippen LogP contribution >= 0.6 is 0 Å². The van der Waals surface area contributed by atoms with E-state index in [1.54, 1.807) is 24.3 Å². The van der Waals surface area contributed by atoms with E-state index in [4.69, 9.17) is 9.47 Å². The Morgan fingerprint density at radius 1 is 1.24 bits per heavy atom. The molecule has 29 heavy (non-hydrogen) atoms. The lowest BCUT2D eigenvalue weighted by molar-refractivity contribution is -0.171. The van der Waals surface area contributed by atoms with Crippen LogP contribution < -0.4 is 10.1 Å². The van der Waals surface area contributed by atoms with Crippen LogP contribution in [-0.4, -0.2) is 58.7 Å². The van der Waals surface area contributed by atoms with E-state index >= 15 is 0 Å². The molecule has 0 heterocycles. The highest BCUT2D eigenvalue weighted by atomic mass is 16.5. The maximum absolute atomic E-state index is 12.3. The van der Waals surface area contributed by atoms with E-state index < -0.39 is 30.4 Å². The minimum atomic E-state index is -1.49. The number of aliphatic hydroxyl groups is 2. The van der Waals surface area contributed by atoms with Crippen LogP contribution in [0.3, 0.4) is 0 Å². The highest BCUT2D eigenvalue weighted by Crippen LogP contribution is 2.45. The van der Waals surface area contributed by atoms with Gasteiger partial charge in [0.05, 0.1) is 12.7 Å². The van der Waals surface area contributed by atoms with E-state index in [1.165, 1.54) is 14.0 Å². The molecule has 8 heteroatoms. The number of nitrogens with one attached hydrogen (secondary N) is 1. The predicted octanol–water partition coefficient (Wildman–Crippen LogP) is 1.90. The summed E-state index contributed by atoms with van der Waals surface area (Å²) < 4.78 is 11.4. The van der Waals surface area contributed by atoms with Gasteiger partial charge in [0.15, 0.2) is 0 Å². The van der Waals surface area contributed by atoms with Gasteiger partial charge in [0, 0.05) is 32.6 Å². The lowest BCUT2D eigenvalue weighted by Gasteiger charge is -2.47. The molecule has 4 N–H and O–H groups in total. The molecular weight excluding hydrogens is 378 g/mol. The highest BCUT2D eigenvalue weighted by molar-refractivity contribution is 5.88. The van der Waals surface area contributed by atoms with Crippen molar-refractivity contribution in [2.75, 3.05) is 19.0 Å². The van der Waals surface area contributed by atoms with Gasteiger partial charge in [0.1, 0.15) is 11.9 Å². The van der Waals surface area contributed by atoms with Crippen molar-refractivity contribution in [1.29, 1.82) is 0 Å². The van der Waals surface area contributed by atoms with Gasteiger partial charge in [-0.05, 0) is 42.0 Å². The van der Waals surface area contributed by atoms with Crippen molar-refractivity contribution in [2.45, 2.75) is 51.4 Å². The quantitative estimate of drug-likeness (QED) is 0.517. The maximum Gasteiger partial charge on any atom is 0.348 e. The number of carbonyl (C=O) groups is 2. The number of rotatable bonds is 8. The first-order valence-corrected chi connectivity index (χ1v) is 9.75. The summed E-state index contributed by atoms with van der Waals surface area (Å²) in [5.41, 5.74) is -0.902. The predicted molar refractivity (Wildman–Crippen MR) is 107 cm³/mol. The van der Waals surface area contributed by atoms with Crippen LogP contribution in [0.4, 0.5) is 5.69 Å². The Morgan fingerprint density at radius 3 is 2.34 bits per heavy atom. The molecular formula is C21H31NO7. The molecule has 1 unspecified atom stereocenters. The van der Waals surface area contributed by atoms with E-state index in [0.717, 1.165) is 0 Å². The van der Waals surface area contributed by atoms with Crippen molar-refractivity contribution >= 4 is 17.6 Å². The molecule has 0 aliphatic heterocycles. The number of carbonyl (C=O) groups excluding carboxylic acids is 1. The summed E-state index contributed by atoms with van der Waals surface area (Å²) in [5, 5.41) is 32.3. The number of methoxy groups -OCH3 is 1. The van der Waals surface area contributed by atoms with E-state index in [2.05, 4.69) is 5.32 Å². The number of amides is 1. The SMILES string of the molecule is CO[C@@H](C1C[C@@](Oc2ccc(NC(C)=O)cc2)(C(=O)O)C[C@@H](C)[C@H]1C)[C@H](O)CO. The first-order chi connectivity index (χ1) is 13.6. The van der Waals surface area contributed by atoms with Gasteiger partial charge in [0.25, 0.3) is 0 Å². The van der Waals surface area contributed by atoms with Crippen molar-refractivity contribution in [2.24, 2.45) is 17.8 Å².